The summed E-state index contributed by atoms with van der Waals surface area (Å²) in [7, 11) is 0. The number of carboxylic acids is 1. The molecule has 0 spiro atoms. The second-order valence-electron chi connectivity index (χ2n) is 6.08. The number of hydrogen-bond acceptors (Lipinski definition) is 4. The molecule has 0 aromatic heterocycles. The molecule has 0 fully saturated rings. The van der Waals surface area contributed by atoms with Crippen molar-refractivity contribution >= 4 is 5.97 Å². The molecule has 0 bridgehead atoms. The Bertz CT molecular complexity index is 921. The van der Waals surface area contributed by atoms with E-state index in [-0.39, 0.29) is 12.2 Å². The quantitative estimate of drug-likeness (QED) is 0.571. The van der Waals surface area contributed by atoms with Crippen molar-refractivity contribution in [2.75, 3.05) is 6.61 Å². The highest BCUT2D eigenvalue weighted by Gasteiger charge is 2.12. The lowest BCUT2D eigenvalue weighted by Crippen LogP contribution is -2.04. The van der Waals surface area contributed by atoms with Gasteiger partial charge in [-0.2, -0.15) is 0 Å². The van der Waals surface area contributed by atoms with Crippen molar-refractivity contribution in [1.82, 2.24) is 0 Å². The number of para-hydroxylation sites is 1. The van der Waals surface area contributed by atoms with Crippen molar-refractivity contribution in [2.24, 2.45) is 0 Å². The molecule has 0 amide bonds. The van der Waals surface area contributed by atoms with Crippen molar-refractivity contribution < 1.29 is 24.1 Å². The van der Waals surface area contributed by atoms with Crippen molar-refractivity contribution in [3.05, 3.63) is 89.5 Å². The predicted molar refractivity (Wildman–Crippen MR) is 106 cm³/mol. The summed E-state index contributed by atoms with van der Waals surface area (Å²) < 4.78 is 17.3. The standard InChI is InChI=1S/C23H22O5/c1-2-26-22-14-18(16-27-20-11-7-6-10-19(20)23(24)25)12-13-21(22)28-15-17-8-4-3-5-9-17/h3-14H,2,15-16H2,1H3,(H,24,25). The number of hydrogen-bond donors (Lipinski definition) is 1. The van der Waals surface area contributed by atoms with Gasteiger partial charge in [-0.05, 0) is 42.3 Å². The van der Waals surface area contributed by atoms with E-state index in [9.17, 15) is 9.90 Å². The molecule has 5 heteroatoms. The largest absolute Gasteiger partial charge is 0.490 e. The molecule has 5 nitrogen and oxygen atoms in total. The van der Waals surface area contributed by atoms with Gasteiger partial charge in [0, 0.05) is 0 Å². The topological polar surface area (TPSA) is 65.0 Å². The third-order valence-electron chi connectivity index (χ3n) is 4.06. The zero-order valence-electron chi connectivity index (χ0n) is 15.6. The SMILES string of the molecule is CCOc1cc(COc2ccccc2C(=O)O)ccc1OCc1ccccc1. The van der Waals surface area contributed by atoms with E-state index in [0.29, 0.717) is 30.5 Å². The molecule has 1 N–H and O–H groups in total. The second kappa shape index (κ2) is 9.46. The van der Waals surface area contributed by atoms with Crippen molar-refractivity contribution in [2.45, 2.75) is 20.1 Å². The average Bonchev–Trinajstić information content (AvgIpc) is 2.72. The van der Waals surface area contributed by atoms with E-state index in [4.69, 9.17) is 14.2 Å². The highest BCUT2D eigenvalue weighted by atomic mass is 16.5. The van der Waals surface area contributed by atoms with Crippen LogP contribution in [0.25, 0.3) is 0 Å². The summed E-state index contributed by atoms with van der Waals surface area (Å²) >= 11 is 0. The Hall–Kier alpha value is -3.47. The van der Waals surface area contributed by atoms with E-state index in [1.54, 1.807) is 18.2 Å². The number of carbonyl (C=O) groups is 1. The minimum Gasteiger partial charge on any atom is -0.490 e. The monoisotopic (exact) mass is 378 g/mol. The molecule has 0 aliphatic heterocycles. The summed E-state index contributed by atoms with van der Waals surface area (Å²) in [5.41, 5.74) is 2.06. The van der Waals surface area contributed by atoms with Gasteiger partial charge in [0.05, 0.1) is 6.61 Å². The van der Waals surface area contributed by atoms with Gasteiger partial charge in [-0.1, -0.05) is 48.5 Å². The first-order valence-electron chi connectivity index (χ1n) is 9.05. The Morgan fingerprint density at radius 3 is 2.18 bits per heavy atom. The van der Waals surface area contributed by atoms with Crippen LogP contribution < -0.4 is 14.2 Å². The minimum atomic E-state index is -1.02. The molecular formula is C23H22O5. The van der Waals surface area contributed by atoms with Crippen LogP contribution in [0.5, 0.6) is 17.2 Å². The molecule has 0 aliphatic rings. The van der Waals surface area contributed by atoms with Gasteiger partial charge in [0.15, 0.2) is 11.5 Å². The summed E-state index contributed by atoms with van der Waals surface area (Å²) in [5.74, 6) is 0.596. The lowest BCUT2D eigenvalue weighted by atomic mass is 10.2. The molecule has 3 rings (SSSR count). The van der Waals surface area contributed by atoms with Crippen LogP contribution in [0.4, 0.5) is 0 Å². The van der Waals surface area contributed by atoms with Crippen LogP contribution in [0.1, 0.15) is 28.4 Å². The lowest BCUT2D eigenvalue weighted by molar-refractivity contribution is 0.0691. The first-order valence-corrected chi connectivity index (χ1v) is 9.05. The van der Waals surface area contributed by atoms with Gasteiger partial charge in [0.25, 0.3) is 0 Å². The Morgan fingerprint density at radius 1 is 0.750 bits per heavy atom. The number of rotatable bonds is 9. The summed E-state index contributed by atoms with van der Waals surface area (Å²) in [5, 5.41) is 9.25. The summed E-state index contributed by atoms with van der Waals surface area (Å²) in [6.07, 6.45) is 0. The molecule has 0 heterocycles. The van der Waals surface area contributed by atoms with Gasteiger partial charge < -0.3 is 19.3 Å². The third-order valence-corrected chi connectivity index (χ3v) is 4.06. The van der Waals surface area contributed by atoms with E-state index >= 15 is 0 Å². The first kappa shape index (κ1) is 19.3. The average molecular weight is 378 g/mol. The zero-order valence-corrected chi connectivity index (χ0v) is 15.6. The highest BCUT2D eigenvalue weighted by Crippen LogP contribution is 2.30. The Morgan fingerprint density at radius 2 is 1.43 bits per heavy atom. The van der Waals surface area contributed by atoms with E-state index < -0.39 is 5.97 Å². The summed E-state index contributed by atoms with van der Waals surface area (Å²) in [4.78, 5) is 11.3. The van der Waals surface area contributed by atoms with Crippen LogP contribution in [-0.2, 0) is 13.2 Å². The van der Waals surface area contributed by atoms with Crippen LogP contribution in [0, 0.1) is 0 Å². The van der Waals surface area contributed by atoms with E-state index in [2.05, 4.69) is 0 Å². The van der Waals surface area contributed by atoms with E-state index in [1.165, 1.54) is 6.07 Å². The summed E-state index contributed by atoms with van der Waals surface area (Å²) in [6.45, 7) is 3.09. The van der Waals surface area contributed by atoms with Crippen LogP contribution in [0.3, 0.4) is 0 Å². The smallest absolute Gasteiger partial charge is 0.339 e. The van der Waals surface area contributed by atoms with Gasteiger partial charge in [-0.25, -0.2) is 4.79 Å². The number of carboxylic acid groups (broad SMARTS) is 1. The highest BCUT2D eigenvalue weighted by molar-refractivity contribution is 5.90. The number of aromatic carboxylic acids is 1. The maximum Gasteiger partial charge on any atom is 0.339 e. The van der Waals surface area contributed by atoms with Crippen LogP contribution >= 0.6 is 0 Å². The fourth-order valence-electron chi connectivity index (χ4n) is 2.70. The van der Waals surface area contributed by atoms with E-state index in [0.717, 1.165) is 11.1 Å². The normalized spacial score (nSPS) is 10.3. The molecule has 0 aliphatic carbocycles. The third kappa shape index (κ3) is 5.04. The maximum atomic E-state index is 11.3. The molecular weight excluding hydrogens is 356 g/mol. The molecule has 0 atom stereocenters. The molecule has 0 saturated carbocycles. The fraction of sp³-hybridized carbons (Fsp3) is 0.174. The van der Waals surface area contributed by atoms with Crippen molar-refractivity contribution in [3.8, 4) is 17.2 Å². The van der Waals surface area contributed by atoms with Gasteiger partial charge in [0.2, 0.25) is 0 Å². The lowest BCUT2D eigenvalue weighted by Gasteiger charge is -2.14. The molecule has 0 radical (unpaired) electrons. The van der Waals surface area contributed by atoms with Gasteiger partial charge in [-0.3, -0.25) is 0 Å². The first-order chi connectivity index (χ1) is 13.7. The Kier molecular flexibility index (Phi) is 6.52. The fourth-order valence-corrected chi connectivity index (χ4v) is 2.70. The van der Waals surface area contributed by atoms with Gasteiger partial charge in [-0.15, -0.1) is 0 Å². The number of benzene rings is 3. The van der Waals surface area contributed by atoms with Crippen LogP contribution in [0.2, 0.25) is 0 Å². The predicted octanol–water partition coefficient (Wildman–Crippen LogP) is 4.94. The zero-order chi connectivity index (χ0) is 19.8. The molecule has 144 valence electrons. The van der Waals surface area contributed by atoms with Crippen LogP contribution in [0.15, 0.2) is 72.8 Å². The molecule has 0 saturated heterocycles. The minimum absolute atomic E-state index is 0.135. The molecule has 3 aromatic carbocycles. The second-order valence-corrected chi connectivity index (χ2v) is 6.08. The molecule has 0 unspecified atom stereocenters. The molecule has 28 heavy (non-hydrogen) atoms. The van der Waals surface area contributed by atoms with Crippen molar-refractivity contribution in [3.63, 3.8) is 0 Å². The Labute approximate surface area is 164 Å². The number of ether oxygens (including phenoxy) is 3. The maximum absolute atomic E-state index is 11.3. The van der Waals surface area contributed by atoms with Crippen LogP contribution in [-0.4, -0.2) is 17.7 Å². The Balaban J connectivity index is 1.71. The summed E-state index contributed by atoms with van der Waals surface area (Å²) in [6, 6.07) is 22.1. The van der Waals surface area contributed by atoms with Crippen molar-refractivity contribution in [1.29, 1.82) is 0 Å². The molecule has 3 aromatic rings. The van der Waals surface area contributed by atoms with Gasteiger partial charge in [0.1, 0.15) is 24.5 Å². The van der Waals surface area contributed by atoms with E-state index in [1.807, 2.05) is 55.5 Å². The van der Waals surface area contributed by atoms with Gasteiger partial charge >= 0.3 is 5.97 Å².